The Kier molecular flexibility index (Phi) is 4.02. The second-order valence-corrected chi connectivity index (χ2v) is 4.38. The number of hydrogen-bond acceptors (Lipinski definition) is 5. The normalized spacial score (nSPS) is 10.6. The first kappa shape index (κ1) is 14.0. The molecule has 2 N–H and O–H groups in total. The summed E-state index contributed by atoms with van der Waals surface area (Å²) in [6.45, 7) is 4.06. The van der Waals surface area contributed by atoms with Crippen LogP contribution in [0.15, 0.2) is 18.3 Å². The Morgan fingerprint density at radius 1 is 1.35 bits per heavy atom. The Labute approximate surface area is 117 Å². The molecule has 0 fully saturated rings. The predicted octanol–water partition coefficient (Wildman–Crippen LogP) is 1.76. The summed E-state index contributed by atoms with van der Waals surface area (Å²) in [5, 5.41) is 4.48. The molecule has 0 aromatic carbocycles. The smallest absolute Gasteiger partial charge is 0.341 e. The number of anilines is 1. The summed E-state index contributed by atoms with van der Waals surface area (Å²) < 4.78 is 6.47. The lowest BCUT2D eigenvalue weighted by atomic mass is 10.2. The maximum absolute atomic E-state index is 11.9. The van der Waals surface area contributed by atoms with Crippen LogP contribution in [0.3, 0.4) is 0 Å². The lowest BCUT2D eigenvalue weighted by molar-refractivity contribution is 0.0600. The zero-order chi connectivity index (χ0) is 14.7. The second kappa shape index (κ2) is 5.73. The van der Waals surface area contributed by atoms with Crippen LogP contribution in [0, 0.1) is 0 Å². The van der Waals surface area contributed by atoms with Gasteiger partial charge in [0, 0.05) is 5.69 Å². The summed E-state index contributed by atoms with van der Waals surface area (Å²) in [5.41, 5.74) is 8.37. The third-order valence-corrected chi connectivity index (χ3v) is 3.05. The van der Waals surface area contributed by atoms with Crippen molar-refractivity contribution < 1.29 is 9.53 Å². The fourth-order valence-corrected chi connectivity index (χ4v) is 1.99. The molecule has 0 saturated heterocycles. The van der Waals surface area contributed by atoms with Crippen LogP contribution in [0.1, 0.15) is 35.6 Å². The van der Waals surface area contributed by atoms with Crippen LogP contribution in [0.25, 0.3) is 5.82 Å². The number of aromatic nitrogens is 3. The average Bonchev–Trinajstić information content (AvgIpc) is 2.89. The molecule has 0 aliphatic heterocycles. The molecule has 0 bridgehead atoms. The zero-order valence-electron chi connectivity index (χ0n) is 11.9. The van der Waals surface area contributed by atoms with Gasteiger partial charge < -0.3 is 10.5 Å². The minimum absolute atomic E-state index is 0.313. The first-order valence-electron chi connectivity index (χ1n) is 6.52. The van der Waals surface area contributed by atoms with Gasteiger partial charge in [0.15, 0.2) is 5.82 Å². The number of hydrogen-bond donors (Lipinski definition) is 1. The molecule has 2 aromatic heterocycles. The van der Waals surface area contributed by atoms with Gasteiger partial charge >= 0.3 is 5.97 Å². The van der Waals surface area contributed by atoms with Gasteiger partial charge in [-0.25, -0.2) is 14.5 Å². The fourth-order valence-electron chi connectivity index (χ4n) is 1.99. The van der Waals surface area contributed by atoms with Crippen molar-refractivity contribution in [1.29, 1.82) is 0 Å². The van der Waals surface area contributed by atoms with Gasteiger partial charge in [-0.3, -0.25) is 0 Å². The first-order chi connectivity index (χ1) is 9.60. The number of ether oxygens (including phenoxy) is 1. The van der Waals surface area contributed by atoms with Crippen LogP contribution in [0.4, 0.5) is 5.69 Å². The number of nitrogen functional groups attached to an aromatic ring is 1. The molecule has 0 aliphatic carbocycles. The van der Waals surface area contributed by atoms with E-state index >= 15 is 0 Å². The van der Waals surface area contributed by atoms with Crippen molar-refractivity contribution in [3.63, 3.8) is 0 Å². The van der Waals surface area contributed by atoms with Crippen LogP contribution in [0.5, 0.6) is 0 Å². The maximum atomic E-state index is 11.9. The van der Waals surface area contributed by atoms with Gasteiger partial charge in [0.25, 0.3) is 0 Å². The molecule has 0 amide bonds. The number of rotatable bonds is 4. The number of nitrogens with zero attached hydrogens (tertiary/aromatic N) is 3. The molecular weight excluding hydrogens is 256 g/mol. The third kappa shape index (κ3) is 2.49. The van der Waals surface area contributed by atoms with Crippen molar-refractivity contribution >= 4 is 11.7 Å². The molecule has 106 valence electrons. The van der Waals surface area contributed by atoms with Crippen molar-refractivity contribution in [2.24, 2.45) is 0 Å². The highest BCUT2D eigenvalue weighted by Gasteiger charge is 2.18. The fraction of sp³-hybridized carbons (Fsp3) is 0.357. The Bertz CT molecular complexity index is 634. The Hall–Kier alpha value is -2.37. The van der Waals surface area contributed by atoms with Crippen molar-refractivity contribution in [2.45, 2.75) is 26.7 Å². The Morgan fingerprint density at radius 2 is 2.10 bits per heavy atom. The summed E-state index contributed by atoms with van der Waals surface area (Å²) in [7, 11) is 1.33. The molecule has 0 radical (unpaired) electrons. The van der Waals surface area contributed by atoms with E-state index in [1.807, 2.05) is 19.9 Å². The molecule has 2 heterocycles. The summed E-state index contributed by atoms with van der Waals surface area (Å²) in [6, 6.07) is 3.57. The van der Waals surface area contributed by atoms with Gasteiger partial charge in [0.2, 0.25) is 0 Å². The van der Waals surface area contributed by atoms with Gasteiger partial charge in [0.05, 0.1) is 24.7 Å². The number of pyridine rings is 1. The van der Waals surface area contributed by atoms with E-state index in [1.165, 1.54) is 13.3 Å². The number of carbonyl (C=O) groups is 1. The molecule has 0 unspecified atom stereocenters. The summed E-state index contributed by atoms with van der Waals surface area (Å²) in [5.74, 6) is -0.0296. The Balaban J connectivity index is 2.62. The van der Waals surface area contributed by atoms with Crippen LogP contribution in [-0.4, -0.2) is 27.8 Å². The van der Waals surface area contributed by atoms with Crippen molar-refractivity contribution in [3.8, 4) is 5.82 Å². The number of aryl methyl sites for hydroxylation is 2. The van der Waals surface area contributed by atoms with Gasteiger partial charge in [-0.1, -0.05) is 13.8 Å². The minimum atomic E-state index is -0.476. The zero-order valence-corrected chi connectivity index (χ0v) is 11.9. The molecular formula is C14H18N4O2. The molecule has 20 heavy (non-hydrogen) atoms. The number of carbonyl (C=O) groups excluding carboxylic acids is 1. The highest BCUT2D eigenvalue weighted by Crippen LogP contribution is 2.19. The molecule has 6 heteroatoms. The van der Waals surface area contributed by atoms with E-state index in [4.69, 9.17) is 10.5 Å². The van der Waals surface area contributed by atoms with Gasteiger partial charge in [-0.2, -0.15) is 5.10 Å². The monoisotopic (exact) mass is 274 g/mol. The molecule has 0 atom stereocenters. The van der Waals surface area contributed by atoms with E-state index in [1.54, 1.807) is 10.7 Å². The topological polar surface area (TPSA) is 83.0 Å². The summed E-state index contributed by atoms with van der Waals surface area (Å²) in [4.78, 5) is 16.1. The first-order valence-corrected chi connectivity index (χ1v) is 6.52. The highest BCUT2D eigenvalue weighted by molar-refractivity contribution is 5.93. The Morgan fingerprint density at radius 3 is 2.70 bits per heavy atom. The van der Waals surface area contributed by atoms with Crippen LogP contribution in [-0.2, 0) is 17.6 Å². The van der Waals surface area contributed by atoms with Crippen LogP contribution >= 0.6 is 0 Å². The predicted molar refractivity (Wildman–Crippen MR) is 75.9 cm³/mol. The molecule has 0 spiro atoms. The highest BCUT2D eigenvalue weighted by atomic mass is 16.5. The molecule has 6 nitrogen and oxygen atoms in total. The molecule has 0 aliphatic rings. The van der Waals surface area contributed by atoms with E-state index in [0.717, 1.165) is 24.2 Å². The van der Waals surface area contributed by atoms with Crippen LogP contribution < -0.4 is 5.73 Å². The number of nitrogens with two attached hydrogens (primary N) is 1. The summed E-state index contributed by atoms with van der Waals surface area (Å²) in [6.07, 6.45) is 3.12. The van der Waals surface area contributed by atoms with E-state index in [2.05, 4.69) is 10.1 Å². The van der Waals surface area contributed by atoms with E-state index in [-0.39, 0.29) is 0 Å². The summed E-state index contributed by atoms with van der Waals surface area (Å²) >= 11 is 0. The molecule has 2 rings (SSSR count). The van der Waals surface area contributed by atoms with Gasteiger partial charge in [-0.05, 0) is 25.0 Å². The van der Waals surface area contributed by atoms with Crippen molar-refractivity contribution in [2.75, 3.05) is 12.8 Å². The van der Waals surface area contributed by atoms with Gasteiger partial charge in [-0.15, -0.1) is 0 Å². The van der Waals surface area contributed by atoms with E-state index < -0.39 is 5.97 Å². The average molecular weight is 274 g/mol. The van der Waals surface area contributed by atoms with Crippen molar-refractivity contribution in [3.05, 3.63) is 35.3 Å². The lowest BCUT2D eigenvalue weighted by Gasteiger charge is -2.10. The molecule has 2 aromatic rings. The maximum Gasteiger partial charge on any atom is 0.341 e. The number of methoxy groups -OCH3 is 1. The second-order valence-electron chi connectivity index (χ2n) is 4.38. The van der Waals surface area contributed by atoms with E-state index in [0.29, 0.717) is 17.1 Å². The quantitative estimate of drug-likeness (QED) is 0.859. The van der Waals surface area contributed by atoms with E-state index in [9.17, 15) is 4.79 Å². The number of esters is 1. The standard InChI is InChI=1S/C14H18N4O2/c1-4-10-7-11(5-2)18(17-10)13-12(14(19)20-3)6-9(15)8-16-13/h6-8H,4-5,15H2,1-3H3. The SMILES string of the molecule is CCc1cc(CC)n(-c2ncc(N)cc2C(=O)OC)n1. The lowest BCUT2D eigenvalue weighted by Crippen LogP contribution is -2.13. The third-order valence-electron chi connectivity index (χ3n) is 3.05. The largest absolute Gasteiger partial charge is 0.465 e. The minimum Gasteiger partial charge on any atom is -0.465 e. The molecule has 0 saturated carbocycles. The van der Waals surface area contributed by atoms with Crippen LogP contribution in [0.2, 0.25) is 0 Å². The van der Waals surface area contributed by atoms with Gasteiger partial charge in [0.1, 0.15) is 5.56 Å². The van der Waals surface area contributed by atoms with Crippen molar-refractivity contribution in [1.82, 2.24) is 14.8 Å².